The highest BCUT2D eigenvalue weighted by atomic mass is 32.1. The number of primary amides is 1. The molecule has 0 fully saturated rings. The van der Waals surface area contributed by atoms with E-state index in [-0.39, 0.29) is 21.1 Å². The first-order chi connectivity index (χ1) is 14.7. The van der Waals surface area contributed by atoms with Gasteiger partial charge in [0.1, 0.15) is 26.9 Å². The zero-order valence-electron chi connectivity index (χ0n) is 15.9. The molecule has 3 heterocycles. The number of benzene rings is 1. The summed E-state index contributed by atoms with van der Waals surface area (Å²) in [5.74, 6) is -1.85. The minimum atomic E-state index is -2.78. The fourth-order valence-corrected chi connectivity index (χ4v) is 4.16. The fraction of sp³-hybridized carbons (Fsp3) is 0.100. The zero-order chi connectivity index (χ0) is 22.3. The molecule has 4 aromatic rings. The molecule has 31 heavy (non-hydrogen) atoms. The number of nitrogens with one attached hydrogen (secondary N) is 2. The van der Waals surface area contributed by atoms with Crippen LogP contribution in [0, 0.1) is 12.7 Å². The molecule has 0 atom stereocenters. The largest absolute Gasteiger partial charge is 0.365 e. The van der Waals surface area contributed by atoms with Gasteiger partial charge < -0.3 is 11.1 Å². The lowest BCUT2D eigenvalue weighted by Gasteiger charge is -2.07. The van der Waals surface area contributed by atoms with Crippen molar-refractivity contribution in [1.82, 2.24) is 15.2 Å². The maximum absolute atomic E-state index is 13.1. The Bertz CT molecular complexity index is 1310. The van der Waals surface area contributed by atoms with E-state index in [9.17, 15) is 22.8 Å². The molecule has 7 nitrogen and oxygen atoms in total. The van der Waals surface area contributed by atoms with Crippen LogP contribution >= 0.6 is 11.3 Å². The van der Waals surface area contributed by atoms with Crippen molar-refractivity contribution in [3.8, 4) is 11.3 Å². The van der Waals surface area contributed by atoms with Crippen LogP contribution in [0.4, 0.5) is 18.9 Å². The Kier molecular flexibility index (Phi) is 5.19. The summed E-state index contributed by atoms with van der Waals surface area (Å²) < 4.78 is 39.3. The Morgan fingerprint density at radius 2 is 1.90 bits per heavy atom. The highest BCUT2D eigenvalue weighted by molar-refractivity contribution is 7.21. The topological polar surface area (TPSA) is 114 Å². The molecule has 4 N–H and O–H groups in total. The van der Waals surface area contributed by atoms with Crippen molar-refractivity contribution in [3.05, 3.63) is 64.0 Å². The number of halogens is 3. The molecule has 0 radical (unpaired) electrons. The number of fused-ring (bicyclic) bond motifs is 1. The van der Waals surface area contributed by atoms with Crippen LogP contribution in [0.2, 0.25) is 0 Å². The van der Waals surface area contributed by atoms with E-state index in [1.807, 2.05) is 0 Å². The average molecular weight is 445 g/mol. The van der Waals surface area contributed by atoms with E-state index in [2.05, 4.69) is 20.5 Å². The Morgan fingerprint density at radius 1 is 1.19 bits per heavy atom. The van der Waals surface area contributed by atoms with Crippen molar-refractivity contribution >= 4 is 39.1 Å². The molecule has 0 bridgehead atoms. The molecule has 3 aromatic heterocycles. The number of aryl methyl sites for hydroxylation is 1. The number of pyridine rings is 1. The predicted octanol–water partition coefficient (Wildman–Crippen LogP) is 4.42. The molecule has 4 rings (SSSR count). The van der Waals surface area contributed by atoms with Gasteiger partial charge in [-0.15, -0.1) is 11.3 Å². The molecule has 158 valence electrons. The minimum Gasteiger partial charge on any atom is -0.365 e. The summed E-state index contributed by atoms with van der Waals surface area (Å²) in [6, 6.07) is 8.22. The van der Waals surface area contributed by atoms with E-state index < -0.39 is 29.8 Å². The Balaban J connectivity index is 1.71. The zero-order valence-corrected chi connectivity index (χ0v) is 16.7. The number of rotatable bonds is 5. The number of carbonyl (C=O) groups excluding carboxylic acids is 2. The number of anilines is 1. The maximum atomic E-state index is 13.1. The quantitative estimate of drug-likeness (QED) is 0.422. The van der Waals surface area contributed by atoms with Crippen molar-refractivity contribution in [2.75, 3.05) is 5.32 Å². The fourth-order valence-electron chi connectivity index (χ4n) is 3.10. The molecule has 2 amide bonds. The van der Waals surface area contributed by atoms with Gasteiger partial charge in [-0.3, -0.25) is 14.7 Å². The maximum Gasteiger partial charge on any atom is 0.280 e. The van der Waals surface area contributed by atoms with Gasteiger partial charge in [-0.05, 0) is 48.9 Å². The number of hydrogen-bond acceptors (Lipinski definition) is 5. The molecular weight excluding hydrogens is 431 g/mol. The third-order valence-corrected chi connectivity index (χ3v) is 5.63. The monoisotopic (exact) mass is 445 g/mol. The second-order valence-corrected chi connectivity index (χ2v) is 7.64. The number of carbonyl (C=O) groups is 2. The van der Waals surface area contributed by atoms with Gasteiger partial charge in [0.15, 0.2) is 0 Å². The van der Waals surface area contributed by atoms with Crippen LogP contribution < -0.4 is 11.1 Å². The van der Waals surface area contributed by atoms with E-state index in [1.165, 1.54) is 36.4 Å². The normalized spacial score (nSPS) is 11.3. The number of nitrogens with zero attached hydrogens (tertiary/aromatic N) is 2. The van der Waals surface area contributed by atoms with Gasteiger partial charge in [-0.25, -0.2) is 18.2 Å². The Labute approximate surface area is 177 Å². The predicted molar refractivity (Wildman–Crippen MR) is 110 cm³/mol. The number of alkyl halides is 2. The van der Waals surface area contributed by atoms with Crippen LogP contribution in [0.5, 0.6) is 0 Å². The van der Waals surface area contributed by atoms with E-state index in [0.29, 0.717) is 22.2 Å². The number of thiophene rings is 1. The Hall–Kier alpha value is -3.73. The van der Waals surface area contributed by atoms with Gasteiger partial charge in [0, 0.05) is 10.9 Å². The Morgan fingerprint density at radius 3 is 2.55 bits per heavy atom. The SMILES string of the molecule is Cc1cc(C(F)F)nc2sc(C(N)=O)c(NC(=O)c3cc(-c4ccc(F)cc4)n[nH]3)c12. The summed E-state index contributed by atoms with van der Waals surface area (Å²) in [5.41, 5.74) is 6.58. The third-order valence-electron chi connectivity index (χ3n) is 4.53. The van der Waals surface area contributed by atoms with Crippen molar-refractivity contribution in [2.24, 2.45) is 5.73 Å². The molecule has 0 aliphatic rings. The summed E-state index contributed by atoms with van der Waals surface area (Å²) in [6.45, 7) is 1.58. The highest BCUT2D eigenvalue weighted by Crippen LogP contribution is 2.38. The van der Waals surface area contributed by atoms with Crippen molar-refractivity contribution < 1.29 is 22.8 Å². The molecule has 0 aliphatic heterocycles. The number of nitrogens with two attached hydrogens (primary N) is 1. The molecule has 1 aromatic carbocycles. The van der Waals surface area contributed by atoms with Crippen LogP contribution in [0.15, 0.2) is 36.4 Å². The first-order valence-electron chi connectivity index (χ1n) is 8.89. The first kappa shape index (κ1) is 20.5. The molecular formula is C20H14F3N5O2S. The molecule has 0 unspecified atom stereocenters. The van der Waals surface area contributed by atoms with E-state index in [0.717, 1.165) is 11.3 Å². The average Bonchev–Trinajstić information content (AvgIpc) is 3.34. The summed E-state index contributed by atoms with van der Waals surface area (Å²) >= 11 is 0.823. The second kappa shape index (κ2) is 7.84. The van der Waals surface area contributed by atoms with Crippen molar-refractivity contribution in [1.29, 1.82) is 0 Å². The smallest absolute Gasteiger partial charge is 0.280 e. The lowest BCUT2D eigenvalue weighted by Crippen LogP contribution is -2.17. The van der Waals surface area contributed by atoms with Crippen molar-refractivity contribution in [3.63, 3.8) is 0 Å². The second-order valence-electron chi connectivity index (χ2n) is 6.64. The van der Waals surface area contributed by atoms with Gasteiger partial charge in [0.2, 0.25) is 0 Å². The van der Waals surface area contributed by atoms with Crippen LogP contribution in [-0.4, -0.2) is 27.0 Å². The molecule has 0 saturated heterocycles. The van der Waals surface area contributed by atoms with Gasteiger partial charge in [0.25, 0.3) is 18.2 Å². The highest BCUT2D eigenvalue weighted by Gasteiger charge is 2.24. The number of aromatic amines is 1. The summed E-state index contributed by atoms with van der Waals surface area (Å²) in [6.07, 6.45) is -2.78. The molecule has 0 spiro atoms. The van der Waals surface area contributed by atoms with Crippen LogP contribution in [0.25, 0.3) is 21.5 Å². The molecule has 0 aliphatic carbocycles. The standard InChI is InChI=1S/C20H14F3N5O2S/c1-8-6-12(17(22)23)25-20-14(8)15(16(31-20)18(24)29)26-19(30)13-7-11(27-28-13)9-2-4-10(21)5-3-9/h2-7,17H,1H3,(H2,24,29)(H,26,30)(H,27,28). The van der Waals surface area contributed by atoms with Gasteiger partial charge in [0.05, 0.1) is 11.4 Å². The number of amides is 2. The van der Waals surface area contributed by atoms with Crippen molar-refractivity contribution in [2.45, 2.75) is 13.3 Å². The van der Waals surface area contributed by atoms with E-state index in [4.69, 9.17) is 5.73 Å². The van der Waals surface area contributed by atoms with Crippen LogP contribution in [0.1, 0.15) is 37.8 Å². The summed E-state index contributed by atoms with van der Waals surface area (Å²) in [7, 11) is 0. The number of H-pyrrole nitrogens is 1. The molecule has 0 saturated carbocycles. The van der Waals surface area contributed by atoms with Crippen LogP contribution in [-0.2, 0) is 0 Å². The van der Waals surface area contributed by atoms with E-state index in [1.54, 1.807) is 6.92 Å². The lowest BCUT2D eigenvalue weighted by molar-refractivity contribution is 0.100. The number of hydrogen-bond donors (Lipinski definition) is 3. The summed E-state index contributed by atoms with van der Waals surface area (Å²) in [4.78, 5) is 28.7. The van der Waals surface area contributed by atoms with E-state index >= 15 is 0 Å². The summed E-state index contributed by atoms with van der Waals surface area (Å²) in [5, 5.41) is 9.59. The van der Waals surface area contributed by atoms with Crippen LogP contribution in [0.3, 0.4) is 0 Å². The first-order valence-corrected chi connectivity index (χ1v) is 9.71. The van der Waals surface area contributed by atoms with Gasteiger partial charge >= 0.3 is 0 Å². The third kappa shape index (κ3) is 3.87. The van der Waals surface area contributed by atoms with Gasteiger partial charge in [-0.2, -0.15) is 5.10 Å². The molecule has 11 heteroatoms. The lowest BCUT2D eigenvalue weighted by atomic mass is 10.1. The minimum absolute atomic E-state index is 0.0105. The number of aromatic nitrogens is 3. The van der Waals surface area contributed by atoms with Gasteiger partial charge in [-0.1, -0.05) is 0 Å².